The van der Waals surface area contributed by atoms with Gasteiger partial charge >= 0.3 is 0 Å². The van der Waals surface area contributed by atoms with Gasteiger partial charge < -0.3 is 24.1 Å². The summed E-state index contributed by atoms with van der Waals surface area (Å²) in [5.74, 6) is 1.54. The largest absolute Gasteiger partial charge is 0.504 e. The molecule has 3 rings (SSSR count). The van der Waals surface area contributed by atoms with E-state index in [0.717, 1.165) is 44.0 Å². The number of ketones is 1. The number of carbonyl (C=O) groups is 1. The molecular weight excluding hydrogens is 410 g/mol. The van der Waals surface area contributed by atoms with Crippen LogP contribution in [0.3, 0.4) is 0 Å². The molecule has 2 aromatic rings. The van der Waals surface area contributed by atoms with E-state index in [2.05, 4.69) is 4.90 Å². The summed E-state index contributed by atoms with van der Waals surface area (Å²) >= 11 is 0. The minimum absolute atomic E-state index is 0.0540. The first kappa shape index (κ1) is 23.4. The van der Waals surface area contributed by atoms with Crippen LogP contribution in [0.1, 0.15) is 11.1 Å². The van der Waals surface area contributed by atoms with Gasteiger partial charge in [0.25, 0.3) is 0 Å². The molecule has 0 unspecified atom stereocenters. The van der Waals surface area contributed by atoms with Crippen LogP contribution in [0.25, 0.3) is 12.2 Å². The van der Waals surface area contributed by atoms with Gasteiger partial charge in [-0.2, -0.15) is 0 Å². The summed E-state index contributed by atoms with van der Waals surface area (Å²) in [4.78, 5) is 14.5. The van der Waals surface area contributed by atoms with Gasteiger partial charge in [0.2, 0.25) is 0 Å². The van der Waals surface area contributed by atoms with Crippen molar-refractivity contribution in [3.63, 3.8) is 0 Å². The number of phenols is 1. The van der Waals surface area contributed by atoms with Gasteiger partial charge in [0.1, 0.15) is 6.61 Å². The first-order valence-electron chi connectivity index (χ1n) is 10.5. The van der Waals surface area contributed by atoms with E-state index in [9.17, 15) is 9.90 Å². The Morgan fingerprint density at radius 2 is 1.59 bits per heavy atom. The second-order valence-corrected chi connectivity index (χ2v) is 7.21. The average Bonchev–Trinajstić information content (AvgIpc) is 2.83. The molecule has 0 bridgehead atoms. The average molecular weight is 440 g/mol. The molecule has 1 aliphatic heterocycles. The number of carbonyl (C=O) groups excluding carboxylic acids is 1. The fourth-order valence-electron chi connectivity index (χ4n) is 3.23. The molecular formula is C25H29NO6. The zero-order valence-electron chi connectivity index (χ0n) is 18.5. The smallest absolute Gasteiger partial charge is 0.178 e. The van der Waals surface area contributed by atoms with Crippen LogP contribution in [0.2, 0.25) is 0 Å². The van der Waals surface area contributed by atoms with Crippen LogP contribution >= 0.6 is 0 Å². The van der Waals surface area contributed by atoms with Crippen molar-refractivity contribution in [1.82, 2.24) is 4.90 Å². The van der Waals surface area contributed by atoms with E-state index in [4.69, 9.17) is 18.9 Å². The third-order valence-corrected chi connectivity index (χ3v) is 5.04. The lowest BCUT2D eigenvalue weighted by Gasteiger charge is -2.26. The quantitative estimate of drug-likeness (QED) is 0.569. The monoisotopic (exact) mass is 439 g/mol. The first-order chi connectivity index (χ1) is 15.6. The Hall–Kier alpha value is -3.29. The van der Waals surface area contributed by atoms with Crippen LogP contribution in [0.5, 0.6) is 23.0 Å². The van der Waals surface area contributed by atoms with Crippen molar-refractivity contribution in [2.45, 2.75) is 0 Å². The van der Waals surface area contributed by atoms with Crippen molar-refractivity contribution in [3.05, 3.63) is 59.7 Å². The van der Waals surface area contributed by atoms with Gasteiger partial charge in [0.15, 0.2) is 28.8 Å². The molecule has 1 saturated heterocycles. The highest BCUT2D eigenvalue weighted by Gasteiger charge is 2.11. The molecule has 0 atom stereocenters. The number of phenolic OH excluding ortho intramolecular Hbond substituents is 1. The number of ether oxygens (including phenoxy) is 4. The van der Waals surface area contributed by atoms with Crippen molar-refractivity contribution in [1.29, 1.82) is 0 Å². The molecule has 1 aliphatic rings. The van der Waals surface area contributed by atoms with Crippen LogP contribution < -0.4 is 14.2 Å². The van der Waals surface area contributed by atoms with Gasteiger partial charge in [-0.05, 0) is 47.5 Å². The van der Waals surface area contributed by atoms with Crippen LogP contribution in [0.15, 0.2) is 48.6 Å². The van der Waals surface area contributed by atoms with Gasteiger partial charge in [-0.1, -0.05) is 24.3 Å². The zero-order chi connectivity index (χ0) is 22.8. The summed E-state index contributed by atoms with van der Waals surface area (Å²) in [5, 5.41) is 9.65. The van der Waals surface area contributed by atoms with E-state index in [1.807, 2.05) is 18.2 Å². The number of aromatic hydroxyl groups is 1. The highest BCUT2D eigenvalue weighted by atomic mass is 16.5. The summed E-state index contributed by atoms with van der Waals surface area (Å²) in [6, 6.07) is 10.4. The fourth-order valence-corrected chi connectivity index (χ4v) is 3.23. The highest BCUT2D eigenvalue weighted by Crippen LogP contribution is 2.29. The van der Waals surface area contributed by atoms with E-state index in [0.29, 0.717) is 23.9 Å². The minimum atomic E-state index is -0.164. The molecule has 1 heterocycles. The molecule has 0 amide bonds. The molecule has 0 radical (unpaired) electrons. The van der Waals surface area contributed by atoms with Crippen molar-refractivity contribution >= 4 is 17.9 Å². The van der Waals surface area contributed by atoms with Crippen LogP contribution in [-0.4, -0.2) is 69.5 Å². The molecule has 7 nitrogen and oxygen atoms in total. The summed E-state index contributed by atoms with van der Waals surface area (Å²) in [6.07, 6.45) is 6.36. The summed E-state index contributed by atoms with van der Waals surface area (Å²) in [7, 11) is 3.08. The molecule has 2 aromatic carbocycles. The van der Waals surface area contributed by atoms with E-state index >= 15 is 0 Å². The predicted octanol–water partition coefficient (Wildman–Crippen LogP) is 3.42. The van der Waals surface area contributed by atoms with Gasteiger partial charge in [-0.15, -0.1) is 0 Å². The number of morpholine rings is 1. The zero-order valence-corrected chi connectivity index (χ0v) is 18.5. The molecule has 0 spiro atoms. The number of allylic oxidation sites excluding steroid dienone is 2. The first-order valence-corrected chi connectivity index (χ1v) is 10.5. The molecule has 0 aliphatic carbocycles. The third-order valence-electron chi connectivity index (χ3n) is 5.04. The lowest BCUT2D eigenvalue weighted by atomic mass is 10.1. The maximum absolute atomic E-state index is 12.2. The molecule has 32 heavy (non-hydrogen) atoms. The fraction of sp³-hybridized carbons (Fsp3) is 0.320. The standard InChI is InChI=1S/C25H29NO6/c1-29-23-10-6-20(18-25(23)32-16-13-26-11-14-31-15-12-26)4-8-21(27)7-3-19-5-9-22(28)24(17-19)30-2/h3-10,17-18,28H,11-16H2,1-2H3/b7-3+,8-4+. The molecule has 0 aromatic heterocycles. The maximum Gasteiger partial charge on any atom is 0.178 e. The lowest BCUT2D eigenvalue weighted by molar-refractivity contribution is -0.110. The Bertz CT molecular complexity index is 963. The number of hydrogen-bond donors (Lipinski definition) is 1. The van der Waals surface area contributed by atoms with E-state index in [1.54, 1.807) is 31.4 Å². The molecule has 1 N–H and O–H groups in total. The Morgan fingerprint density at radius 1 is 0.969 bits per heavy atom. The van der Waals surface area contributed by atoms with Crippen LogP contribution in [0.4, 0.5) is 0 Å². The molecule has 170 valence electrons. The lowest BCUT2D eigenvalue weighted by Crippen LogP contribution is -2.38. The molecule has 1 fully saturated rings. The van der Waals surface area contributed by atoms with E-state index in [-0.39, 0.29) is 11.5 Å². The molecule has 7 heteroatoms. The van der Waals surface area contributed by atoms with Crippen molar-refractivity contribution in [2.24, 2.45) is 0 Å². The summed E-state index contributed by atoms with van der Waals surface area (Å²) in [5.41, 5.74) is 1.59. The van der Waals surface area contributed by atoms with Crippen molar-refractivity contribution in [2.75, 3.05) is 53.7 Å². The van der Waals surface area contributed by atoms with Crippen molar-refractivity contribution in [3.8, 4) is 23.0 Å². The Morgan fingerprint density at radius 3 is 2.25 bits per heavy atom. The van der Waals surface area contributed by atoms with Gasteiger partial charge in [-0.3, -0.25) is 9.69 Å². The van der Waals surface area contributed by atoms with Gasteiger partial charge in [-0.25, -0.2) is 0 Å². The Balaban J connectivity index is 1.59. The Kier molecular flexibility index (Phi) is 8.71. The second kappa shape index (κ2) is 11.9. The number of benzene rings is 2. The Labute approximate surface area is 188 Å². The predicted molar refractivity (Wildman–Crippen MR) is 123 cm³/mol. The minimum Gasteiger partial charge on any atom is -0.504 e. The number of hydrogen-bond acceptors (Lipinski definition) is 7. The topological polar surface area (TPSA) is 77.5 Å². The van der Waals surface area contributed by atoms with Gasteiger partial charge in [0.05, 0.1) is 27.4 Å². The van der Waals surface area contributed by atoms with Crippen LogP contribution in [-0.2, 0) is 9.53 Å². The van der Waals surface area contributed by atoms with Gasteiger partial charge in [0, 0.05) is 19.6 Å². The number of methoxy groups -OCH3 is 2. The normalized spacial score (nSPS) is 14.7. The number of rotatable bonds is 10. The maximum atomic E-state index is 12.2. The summed E-state index contributed by atoms with van der Waals surface area (Å²) in [6.45, 7) is 4.70. The third kappa shape index (κ3) is 6.87. The SMILES string of the molecule is COc1cc(/C=C/C(=O)/C=C/c2ccc(OC)c(OCCN3CCOCC3)c2)ccc1O. The second-order valence-electron chi connectivity index (χ2n) is 7.21. The van der Waals surface area contributed by atoms with E-state index < -0.39 is 0 Å². The van der Waals surface area contributed by atoms with E-state index in [1.165, 1.54) is 25.3 Å². The highest BCUT2D eigenvalue weighted by molar-refractivity contribution is 6.04. The van der Waals surface area contributed by atoms with Crippen LogP contribution in [0, 0.1) is 0 Å². The number of nitrogens with zero attached hydrogens (tertiary/aromatic N) is 1. The van der Waals surface area contributed by atoms with Crippen molar-refractivity contribution < 1.29 is 28.8 Å². The molecule has 0 saturated carbocycles. The summed E-state index contributed by atoms with van der Waals surface area (Å²) < 4.78 is 21.8.